The van der Waals surface area contributed by atoms with E-state index >= 15 is 0 Å². The molecule has 2 aromatic carbocycles. The van der Waals surface area contributed by atoms with Crippen molar-refractivity contribution in [1.82, 2.24) is 9.21 Å². The van der Waals surface area contributed by atoms with E-state index in [4.69, 9.17) is 0 Å². The molecule has 11 heteroatoms. The van der Waals surface area contributed by atoms with Gasteiger partial charge in [0, 0.05) is 43.9 Å². The second-order valence-corrected chi connectivity index (χ2v) is 8.87. The van der Waals surface area contributed by atoms with Gasteiger partial charge in [0.25, 0.3) is 11.6 Å². The third-order valence-corrected chi connectivity index (χ3v) is 6.90. The number of carbonyl (C=O) groups excluding carboxylic acids is 1. The molecule has 0 bridgehead atoms. The normalized spacial score (nSPS) is 15.4. The molecular weight excluding hydrogens is 457 g/mol. The molecule has 0 aromatic heterocycles. The van der Waals surface area contributed by atoms with Crippen molar-refractivity contribution in [1.29, 1.82) is 0 Å². The van der Waals surface area contributed by atoms with Crippen LogP contribution in [0, 0.1) is 15.9 Å². The van der Waals surface area contributed by atoms with E-state index in [-0.39, 0.29) is 46.8 Å². The van der Waals surface area contributed by atoms with Crippen LogP contribution in [0.4, 0.5) is 10.1 Å². The molecule has 1 saturated heterocycles. The van der Waals surface area contributed by atoms with Crippen LogP contribution in [-0.4, -0.2) is 54.6 Å². The summed E-state index contributed by atoms with van der Waals surface area (Å²) in [6.45, 7) is 0.334. The van der Waals surface area contributed by atoms with E-state index in [0.717, 1.165) is 12.1 Å². The Morgan fingerprint density at radius 1 is 1.11 bits per heavy atom. The van der Waals surface area contributed by atoms with Crippen LogP contribution in [0.5, 0.6) is 0 Å². The molecule has 0 spiro atoms. The molecule has 2 aromatic rings. The van der Waals surface area contributed by atoms with Crippen molar-refractivity contribution in [2.45, 2.75) is 4.90 Å². The summed E-state index contributed by atoms with van der Waals surface area (Å²) in [5, 5.41) is 10.9. The van der Waals surface area contributed by atoms with Crippen LogP contribution < -0.4 is 0 Å². The van der Waals surface area contributed by atoms with Crippen molar-refractivity contribution in [3.05, 3.63) is 68.4 Å². The first-order valence-electron chi connectivity index (χ1n) is 8.19. The molecule has 1 fully saturated rings. The van der Waals surface area contributed by atoms with Gasteiger partial charge in [0.1, 0.15) is 5.82 Å². The van der Waals surface area contributed by atoms with Gasteiger partial charge in [0.05, 0.1) is 14.3 Å². The van der Waals surface area contributed by atoms with Gasteiger partial charge in [0.15, 0.2) is 0 Å². The van der Waals surface area contributed by atoms with Crippen LogP contribution >= 0.6 is 15.9 Å². The molecule has 28 heavy (non-hydrogen) atoms. The molecule has 0 aliphatic carbocycles. The Morgan fingerprint density at radius 3 is 2.39 bits per heavy atom. The zero-order chi connectivity index (χ0) is 20.5. The number of nitro groups is 1. The van der Waals surface area contributed by atoms with Gasteiger partial charge >= 0.3 is 0 Å². The van der Waals surface area contributed by atoms with Gasteiger partial charge in [0.2, 0.25) is 10.0 Å². The zero-order valence-electron chi connectivity index (χ0n) is 14.4. The fourth-order valence-electron chi connectivity index (χ4n) is 2.85. The molecule has 1 aliphatic rings. The molecule has 3 rings (SSSR count). The standard InChI is InChI=1S/C17H15BrFN3O5S/c18-15-5-4-12(10-16(15)19)17(23)20-6-8-21(9-7-20)28(26,27)14-3-1-2-13(11-14)22(24)25/h1-5,10-11H,6-9H2. The number of sulfonamides is 1. The maximum absolute atomic E-state index is 13.6. The first-order chi connectivity index (χ1) is 13.2. The van der Waals surface area contributed by atoms with Crippen molar-refractivity contribution in [3.63, 3.8) is 0 Å². The average molecular weight is 472 g/mol. The number of benzene rings is 2. The minimum Gasteiger partial charge on any atom is -0.336 e. The third-order valence-electron chi connectivity index (χ3n) is 4.36. The maximum atomic E-state index is 13.6. The van der Waals surface area contributed by atoms with E-state index < -0.39 is 26.7 Å². The predicted molar refractivity (Wildman–Crippen MR) is 102 cm³/mol. The molecule has 1 heterocycles. The lowest BCUT2D eigenvalue weighted by Gasteiger charge is -2.34. The van der Waals surface area contributed by atoms with Crippen molar-refractivity contribution in [2.75, 3.05) is 26.2 Å². The molecule has 0 unspecified atom stereocenters. The molecule has 0 atom stereocenters. The van der Waals surface area contributed by atoms with E-state index in [0.29, 0.717) is 0 Å². The summed E-state index contributed by atoms with van der Waals surface area (Å²) in [6, 6.07) is 8.88. The topological polar surface area (TPSA) is 101 Å². The highest BCUT2D eigenvalue weighted by atomic mass is 79.9. The quantitative estimate of drug-likeness (QED) is 0.503. The number of nitrogens with zero attached hydrogens (tertiary/aromatic N) is 3. The monoisotopic (exact) mass is 471 g/mol. The molecule has 0 radical (unpaired) electrons. The predicted octanol–water partition coefficient (Wildman–Crippen LogP) is 2.64. The lowest BCUT2D eigenvalue weighted by Crippen LogP contribution is -2.50. The van der Waals surface area contributed by atoms with Crippen molar-refractivity contribution in [2.24, 2.45) is 0 Å². The van der Waals surface area contributed by atoms with E-state index in [1.165, 1.54) is 39.5 Å². The molecule has 0 saturated carbocycles. The lowest BCUT2D eigenvalue weighted by molar-refractivity contribution is -0.385. The number of non-ortho nitro benzene ring substituents is 1. The zero-order valence-corrected chi connectivity index (χ0v) is 16.8. The molecule has 8 nitrogen and oxygen atoms in total. The van der Waals surface area contributed by atoms with Gasteiger partial charge in [-0.2, -0.15) is 4.31 Å². The summed E-state index contributed by atoms with van der Waals surface area (Å²) < 4.78 is 40.5. The number of hydrogen-bond acceptors (Lipinski definition) is 5. The summed E-state index contributed by atoms with van der Waals surface area (Å²) in [4.78, 5) is 24.0. The van der Waals surface area contributed by atoms with Crippen LogP contribution in [0.15, 0.2) is 51.8 Å². The summed E-state index contributed by atoms with van der Waals surface area (Å²) in [5.74, 6) is -0.948. The fraction of sp³-hybridized carbons (Fsp3) is 0.235. The van der Waals surface area contributed by atoms with Crippen molar-refractivity contribution < 1.29 is 22.5 Å². The van der Waals surface area contributed by atoms with Crippen LogP contribution in [0.25, 0.3) is 0 Å². The van der Waals surface area contributed by atoms with Crippen LogP contribution in [0.2, 0.25) is 0 Å². The first-order valence-corrected chi connectivity index (χ1v) is 10.4. The molecule has 1 amide bonds. The Hall–Kier alpha value is -2.37. The Morgan fingerprint density at radius 2 is 1.79 bits per heavy atom. The van der Waals surface area contributed by atoms with Gasteiger partial charge in [-0.05, 0) is 40.2 Å². The van der Waals surface area contributed by atoms with Crippen LogP contribution in [-0.2, 0) is 10.0 Å². The second-order valence-electron chi connectivity index (χ2n) is 6.08. The van der Waals surface area contributed by atoms with Gasteiger partial charge in [-0.3, -0.25) is 14.9 Å². The fourth-order valence-corrected chi connectivity index (χ4v) is 4.56. The third kappa shape index (κ3) is 4.05. The summed E-state index contributed by atoms with van der Waals surface area (Å²) in [5.41, 5.74) is -0.136. The van der Waals surface area contributed by atoms with Crippen molar-refractivity contribution >= 4 is 37.5 Å². The SMILES string of the molecule is O=C(c1ccc(Br)c(F)c1)N1CCN(S(=O)(=O)c2cccc([N+](=O)[O-])c2)CC1. The maximum Gasteiger partial charge on any atom is 0.270 e. The minimum atomic E-state index is -3.92. The number of nitro benzene ring substituents is 1. The lowest BCUT2D eigenvalue weighted by atomic mass is 10.2. The van der Waals surface area contributed by atoms with E-state index in [9.17, 15) is 27.7 Å². The van der Waals surface area contributed by atoms with Crippen LogP contribution in [0.1, 0.15) is 10.4 Å². The highest BCUT2D eigenvalue weighted by Gasteiger charge is 2.31. The molecule has 0 N–H and O–H groups in total. The summed E-state index contributed by atoms with van der Waals surface area (Å²) >= 11 is 3.02. The smallest absolute Gasteiger partial charge is 0.270 e. The Labute approximate surface area is 168 Å². The first kappa shape index (κ1) is 20.4. The Kier molecular flexibility index (Phi) is 5.77. The number of rotatable bonds is 4. The number of amides is 1. The van der Waals surface area contributed by atoms with Gasteiger partial charge in [-0.15, -0.1) is 0 Å². The Bertz CT molecular complexity index is 1040. The minimum absolute atomic E-state index is 0.0375. The average Bonchev–Trinajstić information content (AvgIpc) is 2.69. The second kappa shape index (κ2) is 7.94. The number of hydrogen-bond donors (Lipinski definition) is 0. The summed E-state index contributed by atoms with van der Waals surface area (Å²) in [6.07, 6.45) is 0. The van der Waals surface area contributed by atoms with Gasteiger partial charge in [-0.1, -0.05) is 6.07 Å². The molecule has 1 aliphatic heterocycles. The molecule has 148 valence electrons. The highest BCUT2D eigenvalue weighted by molar-refractivity contribution is 9.10. The van der Waals surface area contributed by atoms with Gasteiger partial charge < -0.3 is 4.90 Å². The molecular formula is C17H15BrFN3O5S. The largest absolute Gasteiger partial charge is 0.336 e. The number of halogens is 2. The number of piperazine rings is 1. The van der Waals surface area contributed by atoms with E-state index in [1.807, 2.05) is 0 Å². The van der Waals surface area contributed by atoms with E-state index in [2.05, 4.69) is 15.9 Å². The van der Waals surface area contributed by atoms with Crippen LogP contribution in [0.3, 0.4) is 0 Å². The van der Waals surface area contributed by atoms with E-state index in [1.54, 1.807) is 0 Å². The van der Waals surface area contributed by atoms with Gasteiger partial charge in [-0.25, -0.2) is 12.8 Å². The summed E-state index contributed by atoms with van der Waals surface area (Å²) in [7, 11) is -3.92. The Balaban J connectivity index is 1.72. The number of carbonyl (C=O) groups is 1. The highest BCUT2D eigenvalue weighted by Crippen LogP contribution is 2.23. The van der Waals surface area contributed by atoms with Crippen molar-refractivity contribution in [3.8, 4) is 0 Å².